The van der Waals surface area contributed by atoms with Crippen molar-refractivity contribution >= 4 is 19.9 Å². The molecule has 0 radical (unpaired) electrons. The summed E-state index contributed by atoms with van der Waals surface area (Å²) < 4.78 is 45.6. The van der Waals surface area contributed by atoms with Crippen LogP contribution in [0.2, 0.25) is 18.1 Å². The van der Waals surface area contributed by atoms with Crippen molar-refractivity contribution in [1.82, 2.24) is 10.2 Å². The molecule has 0 unspecified atom stereocenters. The van der Waals surface area contributed by atoms with Crippen LogP contribution in [0.15, 0.2) is 24.4 Å². The number of anilines is 1. The molecule has 1 aromatic carbocycles. The second kappa shape index (κ2) is 10.3. The Hall–Kier alpha value is -2.43. The van der Waals surface area contributed by atoms with Gasteiger partial charge in [0.25, 0.3) is 5.91 Å². The number of ether oxygens (including phenoxy) is 2. The lowest BCUT2D eigenvalue weighted by Crippen LogP contribution is -2.40. The van der Waals surface area contributed by atoms with Crippen LogP contribution >= 0.6 is 0 Å². The first-order valence-electron chi connectivity index (χ1n) is 11.7. The Labute approximate surface area is 206 Å². The monoisotopic (exact) mass is 507 g/mol. The van der Waals surface area contributed by atoms with Gasteiger partial charge in [0.2, 0.25) is 5.82 Å². The summed E-state index contributed by atoms with van der Waals surface area (Å²) in [5, 5.41) is 11.0. The van der Waals surface area contributed by atoms with Crippen LogP contribution in [0.4, 0.5) is 14.5 Å². The molecular weight excluding hydrogens is 472 g/mol. The van der Waals surface area contributed by atoms with E-state index in [1.807, 2.05) is 13.8 Å². The number of benzene rings is 1. The van der Waals surface area contributed by atoms with Crippen molar-refractivity contribution in [2.45, 2.75) is 77.5 Å². The first-order chi connectivity index (χ1) is 16.3. The van der Waals surface area contributed by atoms with Gasteiger partial charge in [0, 0.05) is 11.5 Å². The summed E-state index contributed by atoms with van der Waals surface area (Å²) in [6.45, 7) is 14.8. The van der Waals surface area contributed by atoms with E-state index < -0.39 is 37.9 Å². The number of hydrogen-bond donors (Lipinski definition) is 1. The van der Waals surface area contributed by atoms with E-state index in [4.69, 9.17) is 13.9 Å². The van der Waals surface area contributed by atoms with E-state index in [1.165, 1.54) is 19.4 Å². The van der Waals surface area contributed by atoms with E-state index in [0.717, 1.165) is 6.07 Å². The van der Waals surface area contributed by atoms with Gasteiger partial charge in [-0.1, -0.05) is 33.8 Å². The van der Waals surface area contributed by atoms with Gasteiger partial charge >= 0.3 is 0 Å². The fourth-order valence-electron chi connectivity index (χ4n) is 3.93. The molecule has 2 aromatic rings. The van der Waals surface area contributed by atoms with Crippen LogP contribution in [-0.4, -0.2) is 43.7 Å². The first-order valence-corrected chi connectivity index (χ1v) is 14.6. The molecule has 0 saturated carbocycles. The molecule has 1 amide bonds. The number of carbonyl (C=O) groups is 1. The molecule has 1 aliphatic heterocycles. The van der Waals surface area contributed by atoms with E-state index in [9.17, 15) is 13.6 Å². The minimum Gasteiger partial charge on any atom is -0.493 e. The quantitative estimate of drug-likeness (QED) is 0.503. The molecule has 192 valence electrons. The zero-order chi connectivity index (χ0) is 26.1. The number of nitrogens with zero attached hydrogens (tertiary/aromatic N) is 2. The normalized spacial score (nSPS) is 22.8. The van der Waals surface area contributed by atoms with E-state index in [-0.39, 0.29) is 29.4 Å². The number of hydrogen-bond acceptors (Lipinski definition) is 6. The van der Waals surface area contributed by atoms with Crippen LogP contribution in [0.25, 0.3) is 0 Å². The average Bonchev–Trinajstić information content (AvgIpc) is 3.08. The molecule has 1 aromatic heterocycles. The summed E-state index contributed by atoms with van der Waals surface area (Å²) in [6.07, 6.45) is 0.236. The largest absolute Gasteiger partial charge is 0.493 e. The highest BCUT2D eigenvalue weighted by atomic mass is 28.4. The Morgan fingerprint density at radius 2 is 1.91 bits per heavy atom. The smallest absolute Gasteiger partial charge is 0.254 e. The summed E-state index contributed by atoms with van der Waals surface area (Å²) in [6, 6.07) is 4.21. The first kappa shape index (κ1) is 27.2. The summed E-state index contributed by atoms with van der Waals surface area (Å²) in [5.74, 6) is -3.41. The van der Waals surface area contributed by atoms with Crippen molar-refractivity contribution in [3.05, 3.63) is 47.3 Å². The van der Waals surface area contributed by atoms with Crippen LogP contribution in [0.3, 0.4) is 0 Å². The van der Waals surface area contributed by atoms with Gasteiger partial charge in [-0.25, -0.2) is 4.39 Å². The van der Waals surface area contributed by atoms with Crippen LogP contribution < -0.4 is 10.1 Å². The Morgan fingerprint density at radius 3 is 2.54 bits per heavy atom. The van der Waals surface area contributed by atoms with Crippen LogP contribution in [0.1, 0.15) is 51.8 Å². The third-order valence-corrected chi connectivity index (χ3v) is 11.7. The van der Waals surface area contributed by atoms with Crippen LogP contribution in [-0.2, 0) is 20.6 Å². The topological polar surface area (TPSA) is 82.6 Å². The molecule has 2 heterocycles. The van der Waals surface area contributed by atoms with E-state index >= 15 is 0 Å². The van der Waals surface area contributed by atoms with Crippen molar-refractivity contribution in [2.24, 2.45) is 5.92 Å². The van der Waals surface area contributed by atoms with Crippen molar-refractivity contribution in [1.29, 1.82) is 0 Å². The SMILES string of the molecule is COc1c([C@@H]2[C@H](C)[C@@H](C)O[C@H]2C(=O)Nc2cnnc(CO[Si](C)(C)C(C)(C)C)c2)ccc(F)c1F. The Kier molecular flexibility index (Phi) is 7.98. The zero-order valence-corrected chi connectivity index (χ0v) is 22.6. The molecule has 35 heavy (non-hydrogen) atoms. The summed E-state index contributed by atoms with van der Waals surface area (Å²) in [5.41, 5.74) is 1.44. The summed E-state index contributed by atoms with van der Waals surface area (Å²) in [7, 11) is -0.708. The van der Waals surface area contributed by atoms with E-state index in [0.29, 0.717) is 16.9 Å². The predicted molar refractivity (Wildman–Crippen MR) is 132 cm³/mol. The van der Waals surface area contributed by atoms with Gasteiger partial charge in [0.05, 0.1) is 37.4 Å². The minimum atomic E-state index is -1.98. The highest BCUT2D eigenvalue weighted by Gasteiger charge is 2.46. The number of amides is 1. The lowest BCUT2D eigenvalue weighted by molar-refractivity contribution is -0.127. The number of carbonyl (C=O) groups excluding carboxylic acids is 1. The molecule has 0 bridgehead atoms. The molecule has 7 nitrogen and oxygen atoms in total. The van der Waals surface area contributed by atoms with Gasteiger partial charge < -0.3 is 19.2 Å². The molecule has 1 N–H and O–H groups in total. The number of aromatic nitrogens is 2. The van der Waals surface area contributed by atoms with Gasteiger partial charge in [-0.2, -0.15) is 14.6 Å². The average molecular weight is 508 g/mol. The van der Waals surface area contributed by atoms with Gasteiger partial charge in [0.15, 0.2) is 19.9 Å². The van der Waals surface area contributed by atoms with Crippen LogP contribution in [0, 0.1) is 17.6 Å². The Balaban J connectivity index is 1.81. The van der Waals surface area contributed by atoms with E-state index in [2.05, 4.69) is 49.4 Å². The molecule has 10 heteroatoms. The highest BCUT2D eigenvalue weighted by molar-refractivity contribution is 6.74. The van der Waals surface area contributed by atoms with Gasteiger partial charge in [-0.05, 0) is 43.1 Å². The summed E-state index contributed by atoms with van der Waals surface area (Å²) >= 11 is 0. The minimum absolute atomic E-state index is 0.0509. The van der Waals surface area contributed by atoms with Crippen molar-refractivity contribution in [2.75, 3.05) is 12.4 Å². The summed E-state index contributed by atoms with van der Waals surface area (Å²) in [4.78, 5) is 13.3. The maximum absolute atomic E-state index is 14.4. The van der Waals surface area contributed by atoms with Gasteiger partial charge in [-0.15, -0.1) is 0 Å². The van der Waals surface area contributed by atoms with Crippen LogP contribution in [0.5, 0.6) is 5.75 Å². The number of methoxy groups -OCH3 is 1. The molecule has 0 aliphatic carbocycles. The zero-order valence-electron chi connectivity index (χ0n) is 21.6. The van der Waals surface area contributed by atoms with Crippen molar-refractivity contribution < 1.29 is 27.5 Å². The molecule has 1 saturated heterocycles. The van der Waals surface area contributed by atoms with E-state index in [1.54, 1.807) is 6.07 Å². The molecular formula is C25H35F2N3O4Si. The molecule has 4 atom stereocenters. The van der Waals surface area contributed by atoms with Gasteiger partial charge in [0.1, 0.15) is 6.10 Å². The van der Waals surface area contributed by atoms with Crippen molar-refractivity contribution in [3.63, 3.8) is 0 Å². The molecule has 0 spiro atoms. The Bertz CT molecular complexity index is 1080. The fraction of sp³-hybridized carbons (Fsp3) is 0.560. The predicted octanol–water partition coefficient (Wildman–Crippen LogP) is 5.43. The lowest BCUT2D eigenvalue weighted by Gasteiger charge is -2.35. The highest BCUT2D eigenvalue weighted by Crippen LogP contribution is 2.45. The second-order valence-electron chi connectivity index (χ2n) is 10.6. The number of halogens is 2. The third-order valence-electron chi connectivity index (χ3n) is 7.26. The molecule has 1 fully saturated rings. The third kappa shape index (κ3) is 5.70. The lowest BCUT2D eigenvalue weighted by atomic mass is 9.82. The maximum atomic E-state index is 14.4. The van der Waals surface area contributed by atoms with Gasteiger partial charge in [-0.3, -0.25) is 4.79 Å². The second-order valence-corrected chi connectivity index (χ2v) is 15.4. The number of nitrogens with one attached hydrogen (secondary N) is 1. The maximum Gasteiger partial charge on any atom is 0.254 e. The Morgan fingerprint density at radius 1 is 1.23 bits per heavy atom. The standard InChI is InChI=1S/C25H35F2N3O4Si/c1-14-15(2)34-23(20(14)18-9-10-19(26)21(27)22(18)32-6)24(31)29-16-11-17(30-28-12-16)13-33-35(7,8)25(3,4)5/h9-12,14-15,20,23H,13H2,1-8H3,(H,29,30,31)/t14-,15-,20+,23-/m1/s1. The van der Waals surface area contributed by atoms with Crippen molar-refractivity contribution in [3.8, 4) is 5.75 Å². The number of rotatable bonds is 7. The molecule has 1 aliphatic rings. The molecule has 3 rings (SSSR count). The fourth-order valence-corrected chi connectivity index (χ4v) is 4.87.